The summed E-state index contributed by atoms with van der Waals surface area (Å²) in [5.74, 6) is 0. The molecule has 84 valence electrons. The number of hydrogen-bond acceptors (Lipinski definition) is 6. The second-order valence-electron chi connectivity index (χ2n) is 3.08. The molecule has 0 aliphatic carbocycles. The third-order valence-electron chi connectivity index (χ3n) is 2.08. The monoisotopic (exact) mass is 230 g/mol. The molecule has 0 saturated carbocycles. The molecule has 3 aromatic rings. The first kappa shape index (κ1) is 9.39. The highest BCUT2D eigenvalue weighted by atomic mass is 16.1. The molecule has 0 N–H and O–H groups in total. The van der Waals surface area contributed by atoms with Crippen LogP contribution in [0.1, 0.15) is 0 Å². The molecule has 0 aromatic carbocycles. The number of rotatable bonds is 2. The molecule has 9 nitrogen and oxygen atoms in total. The van der Waals surface area contributed by atoms with Gasteiger partial charge < -0.3 is 0 Å². The smallest absolute Gasteiger partial charge is 0.263 e. The molecule has 0 aliphatic heterocycles. The van der Waals surface area contributed by atoms with E-state index in [-0.39, 0.29) is 5.56 Å². The van der Waals surface area contributed by atoms with Gasteiger partial charge in [-0.15, -0.1) is 19.8 Å². The van der Waals surface area contributed by atoms with Gasteiger partial charge in [-0.2, -0.15) is 5.10 Å². The van der Waals surface area contributed by atoms with Crippen LogP contribution in [-0.2, 0) is 0 Å². The summed E-state index contributed by atoms with van der Waals surface area (Å²) in [6, 6.07) is 1.55. The van der Waals surface area contributed by atoms with Crippen molar-refractivity contribution in [3.05, 3.63) is 47.4 Å². The molecule has 3 heterocycles. The number of nitrogens with zero attached hydrogens (tertiary/aromatic N) is 8. The lowest BCUT2D eigenvalue weighted by atomic mass is 10.5. The van der Waals surface area contributed by atoms with Crippen LogP contribution in [0.15, 0.2) is 41.8 Å². The third-order valence-corrected chi connectivity index (χ3v) is 2.08. The summed E-state index contributed by atoms with van der Waals surface area (Å²) in [7, 11) is 0. The van der Waals surface area contributed by atoms with Gasteiger partial charge in [0.25, 0.3) is 0 Å². The van der Waals surface area contributed by atoms with E-state index in [1.807, 2.05) is 0 Å². The fourth-order valence-electron chi connectivity index (χ4n) is 1.35. The fraction of sp³-hybridized carbons (Fsp3) is 0. The minimum Gasteiger partial charge on any atom is -0.263 e. The van der Waals surface area contributed by atoms with Gasteiger partial charge in [-0.1, -0.05) is 5.21 Å². The fourth-order valence-corrected chi connectivity index (χ4v) is 1.35. The highest BCUT2D eigenvalue weighted by Crippen LogP contribution is 1.95. The van der Waals surface area contributed by atoms with Crippen molar-refractivity contribution < 1.29 is 0 Å². The van der Waals surface area contributed by atoms with Crippen molar-refractivity contribution in [2.45, 2.75) is 0 Å². The highest BCUT2D eigenvalue weighted by molar-refractivity contribution is 5.24. The maximum Gasteiger partial charge on any atom is 0.314 e. The predicted molar refractivity (Wildman–Crippen MR) is 54.2 cm³/mol. The van der Waals surface area contributed by atoms with Gasteiger partial charge in [0.15, 0.2) is 0 Å². The third kappa shape index (κ3) is 1.49. The molecule has 0 unspecified atom stereocenters. The molecule has 0 atom stereocenters. The zero-order chi connectivity index (χ0) is 11.7. The predicted octanol–water partition coefficient (Wildman–Crippen LogP) is -1.27. The molecule has 0 bridgehead atoms. The first-order valence-electron chi connectivity index (χ1n) is 4.68. The zero-order valence-corrected chi connectivity index (χ0v) is 8.45. The Bertz CT molecular complexity index is 612. The van der Waals surface area contributed by atoms with E-state index in [0.29, 0.717) is 5.69 Å². The van der Waals surface area contributed by atoms with Crippen LogP contribution in [0.25, 0.3) is 5.69 Å². The summed E-state index contributed by atoms with van der Waals surface area (Å²) in [6.45, 7) is 0. The molecule has 3 aromatic heterocycles. The Morgan fingerprint density at radius 3 is 2.53 bits per heavy atom. The minimum atomic E-state index is -0.372. The SMILES string of the molecule is O=c1c(-n2ccnn2)ccnn1-n1ccnn1. The molecular weight excluding hydrogens is 224 g/mol. The normalized spacial score (nSPS) is 10.6. The lowest BCUT2D eigenvalue weighted by molar-refractivity contribution is 0.461. The Morgan fingerprint density at radius 1 is 1.00 bits per heavy atom. The molecule has 0 spiro atoms. The largest absolute Gasteiger partial charge is 0.314 e. The van der Waals surface area contributed by atoms with Crippen LogP contribution in [0.3, 0.4) is 0 Å². The summed E-state index contributed by atoms with van der Waals surface area (Å²) in [6.07, 6.45) is 7.50. The minimum absolute atomic E-state index is 0.327. The van der Waals surface area contributed by atoms with E-state index in [1.54, 1.807) is 12.3 Å². The van der Waals surface area contributed by atoms with Crippen molar-refractivity contribution in [2.24, 2.45) is 0 Å². The Hall–Kier alpha value is -2.84. The van der Waals surface area contributed by atoms with Crippen molar-refractivity contribution in [1.82, 2.24) is 40.0 Å². The molecule has 17 heavy (non-hydrogen) atoms. The van der Waals surface area contributed by atoms with E-state index in [9.17, 15) is 4.79 Å². The highest BCUT2D eigenvalue weighted by Gasteiger charge is 2.08. The van der Waals surface area contributed by atoms with Crippen molar-refractivity contribution in [3.8, 4) is 5.69 Å². The molecular formula is C8H6N8O. The second-order valence-corrected chi connectivity index (χ2v) is 3.08. The van der Waals surface area contributed by atoms with E-state index in [1.165, 1.54) is 34.3 Å². The Morgan fingerprint density at radius 2 is 1.82 bits per heavy atom. The summed E-state index contributed by atoms with van der Waals surface area (Å²) in [4.78, 5) is 14.4. The van der Waals surface area contributed by atoms with Crippen LogP contribution in [0.2, 0.25) is 0 Å². The molecule has 0 radical (unpaired) electrons. The van der Waals surface area contributed by atoms with Gasteiger partial charge in [0.05, 0.1) is 31.0 Å². The van der Waals surface area contributed by atoms with Crippen LogP contribution in [0.4, 0.5) is 0 Å². The Kier molecular flexibility index (Phi) is 2.00. The molecule has 0 amide bonds. The molecule has 0 saturated heterocycles. The summed E-state index contributed by atoms with van der Waals surface area (Å²) in [5, 5.41) is 18.6. The summed E-state index contributed by atoms with van der Waals surface area (Å²) in [5.41, 5.74) is -0.0449. The van der Waals surface area contributed by atoms with Gasteiger partial charge >= 0.3 is 5.56 Å². The van der Waals surface area contributed by atoms with Crippen molar-refractivity contribution in [3.63, 3.8) is 0 Å². The molecule has 9 heteroatoms. The lowest BCUT2D eigenvalue weighted by Crippen LogP contribution is -2.31. The van der Waals surface area contributed by atoms with Crippen molar-refractivity contribution in [1.29, 1.82) is 0 Å². The second kappa shape index (κ2) is 3.63. The van der Waals surface area contributed by atoms with E-state index < -0.39 is 0 Å². The quantitative estimate of drug-likeness (QED) is 0.544. The van der Waals surface area contributed by atoms with Crippen LogP contribution in [-0.4, -0.2) is 40.0 Å². The Labute approximate surface area is 93.9 Å². The van der Waals surface area contributed by atoms with E-state index in [0.717, 1.165) is 4.79 Å². The standard InChI is InChI=1S/C8H6N8O/c17-8-7(14-5-3-9-12-14)1-2-11-16(8)15-6-4-10-13-15/h1-6H. The summed E-state index contributed by atoms with van der Waals surface area (Å²) < 4.78 is 1.36. The van der Waals surface area contributed by atoms with Crippen LogP contribution in [0.5, 0.6) is 0 Å². The first-order chi connectivity index (χ1) is 8.36. The summed E-state index contributed by atoms with van der Waals surface area (Å²) >= 11 is 0. The van der Waals surface area contributed by atoms with E-state index in [4.69, 9.17) is 0 Å². The molecule has 0 aliphatic rings. The van der Waals surface area contributed by atoms with Gasteiger partial charge in [0, 0.05) is 0 Å². The number of aromatic nitrogens is 8. The number of hydrogen-bond donors (Lipinski definition) is 0. The maximum atomic E-state index is 12.1. The van der Waals surface area contributed by atoms with Gasteiger partial charge in [0.1, 0.15) is 5.69 Å². The van der Waals surface area contributed by atoms with E-state index in [2.05, 4.69) is 25.7 Å². The van der Waals surface area contributed by atoms with Crippen LogP contribution >= 0.6 is 0 Å². The molecule has 0 fully saturated rings. The van der Waals surface area contributed by atoms with Gasteiger partial charge in [0.2, 0.25) is 0 Å². The van der Waals surface area contributed by atoms with Crippen LogP contribution < -0.4 is 5.56 Å². The van der Waals surface area contributed by atoms with Gasteiger partial charge in [-0.3, -0.25) is 4.79 Å². The Balaban J connectivity index is 2.21. The van der Waals surface area contributed by atoms with E-state index >= 15 is 0 Å². The lowest BCUT2D eigenvalue weighted by Gasteiger charge is -2.04. The van der Waals surface area contributed by atoms with Gasteiger partial charge in [-0.25, -0.2) is 4.68 Å². The van der Waals surface area contributed by atoms with Crippen molar-refractivity contribution >= 4 is 0 Å². The zero-order valence-electron chi connectivity index (χ0n) is 8.45. The molecule has 3 rings (SSSR count). The van der Waals surface area contributed by atoms with Gasteiger partial charge in [-0.05, 0) is 11.3 Å². The average molecular weight is 230 g/mol. The van der Waals surface area contributed by atoms with Crippen LogP contribution in [0, 0.1) is 0 Å². The maximum absolute atomic E-state index is 12.1. The first-order valence-corrected chi connectivity index (χ1v) is 4.68. The van der Waals surface area contributed by atoms with Crippen molar-refractivity contribution in [2.75, 3.05) is 0 Å². The average Bonchev–Trinajstić information content (AvgIpc) is 3.02. The topological polar surface area (TPSA) is 96.3 Å².